The van der Waals surface area contributed by atoms with Gasteiger partial charge in [0.2, 0.25) is 0 Å². The van der Waals surface area contributed by atoms with Crippen LogP contribution in [0.15, 0.2) is 28.8 Å². The molecule has 6 nitrogen and oxygen atoms in total. The molecule has 0 atom stereocenters. The second kappa shape index (κ2) is 6.36. The third-order valence-corrected chi connectivity index (χ3v) is 3.91. The highest BCUT2D eigenvalue weighted by molar-refractivity contribution is 5.31. The molecule has 1 saturated carbocycles. The second-order valence-corrected chi connectivity index (χ2v) is 5.57. The van der Waals surface area contributed by atoms with Gasteiger partial charge in [0.25, 0.3) is 5.89 Å². The van der Waals surface area contributed by atoms with Gasteiger partial charge in [-0.05, 0) is 44.0 Å². The third-order valence-electron chi connectivity index (χ3n) is 3.91. The van der Waals surface area contributed by atoms with Crippen LogP contribution >= 0.6 is 0 Å². The van der Waals surface area contributed by atoms with E-state index >= 15 is 0 Å². The fourth-order valence-corrected chi connectivity index (χ4v) is 2.69. The molecular formula is C16H21N3O3. The number of nitrogens with two attached hydrogens (primary N) is 1. The lowest BCUT2D eigenvalue weighted by Crippen LogP contribution is -2.34. The lowest BCUT2D eigenvalue weighted by atomic mass is 9.99. The molecule has 0 aliphatic heterocycles. The molecule has 6 heteroatoms. The molecule has 0 saturated heterocycles. The SMILES string of the molecule is CCOc1ccc(OCc2nc(C3(N)CCCC3)no2)cc1. The summed E-state index contributed by atoms with van der Waals surface area (Å²) < 4.78 is 16.3. The molecule has 118 valence electrons. The first kappa shape index (κ1) is 14.8. The summed E-state index contributed by atoms with van der Waals surface area (Å²) in [6, 6.07) is 7.43. The summed E-state index contributed by atoms with van der Waals surface area (Å²) in [6.45, 7) is 2.83. The number of hydrogen-bond donors (Lipinski definition) is 1. The topological polar surface area (TPSA) is 83.4 Å². The predicted molar refractivity (Wildman–Crippen MR) is 80.6 cm³/mol. The summed E-state index contributed by atoms with van der Waals surface area (Å²) in [7, 11) is 0. The van der Waals surface area contributed by atoms with Gasteiger partial charge in [-0.2, -0.15) is 4.98 Å². The van der Waals surface area contributed by atoms with Crippen molar-refractivity contribution in [1.29, 1.82) is 0 Å². The van der Waals surface area contributed by atoms with Gasteiger partial charge in [-0.3, -0.25) is 0 Å². The molecular weight excluding hydrogens is 282 g/mol. The Hall–Kier alpha value is -2.08. The van der Waals surface area contributed by atoms with Crippen molar-refractivity contribution in [3.63, 3.8) is 0 Å². The quantitative estimate of drug-likeness (QED) is 0.883. The zero-order chi connectivity index (χ0) is 15.4. The Morgan fingerprint density at radius 3 is 2.41 bits per heavy atom. The second-order valence-electron chi connectivity index (χ2n) is 5.57. The summed E-state index contributed by atoms with van der Waals surface area (Å²) in [4.78, 5) is 4.37. The van der Waals surface area contributed by atoms with E-state index in [1.54, 1.807) is 0 Å². The fourth-order valence-electron chi connectivity index (χ4n) is 2.69. The van der Waals surface area contributed by atoms with E-state index in [0.29, 0.717) is 18.3 Å². The minimum atomic E-state index is -0.430. The molecule has 1 aliphatic rings. The molecule has 0 spiro atoms. The molecule has 1 aliphatic carbocycles. The Balaban J connectivity index is 1.58. The van der Waals surface area contributed by atoms with E-state index in [1.165, 1.54) is 0 Å². The van der Waals surface area contributed by atoms with Crippen LogP contribution in [0.4, 0.5) is 0 Å². The van der Waals surface area contributed by atoms with Crippen LogP contribution in [-0.4, -0.2) is 16.7 Å². The van der Waals surface area contributed by atoms with Crippen LogP contribution in [0.2, 0.25) is 0 Å². The normalized spacial score (nSPS) is 16.6. The van der Waals surface area contributed by atoms with E-state index in [-0.39, 0.29) is 6.61 Å². The Morgan fingerprint density at radius 2 is 1.77 bits per heavy atom. The van der Waals surface area contributed by atoms with E-state index in [1.807, 2.05) is 31.2 Å². The molecule has 1 heterocycles. The van der Waals surface area contributed by atoms with Crippen LogP contribution < -0.4 is 15.2 Å². The van der Waals surface area contributed by atoms with Crippen molar-refractivity contribution >= 4 is 0 Å². The van der Waals surface area contributed by atoms with Crippen molar-refractivity contribution in [2.24, 2.45) is 5.73 Å². The van der Waals surface area contributed by atoms with Crippen molar-refractivity contribution in [2.45, 2.75) is 44.8 Å². The monoisotopic (exact) mass is 303 g/mol. The molecule has 3 rings (SSSR count). The number of hydrogen-bond acceptors (Lipinski definition) is 6. The number of rotatable bonds is 6. The maximum Gasteiger partial charge on any atom is 0.264 e. The molecule has 22 heavy (non-hydrogen) atoms. The number of benzene rings is 1. The summed E-state index contributed by atoms with van der Waals surface area (Å²) in [5, 5.41) is 4.01. The Morgan fingerprint density at radius 1 is 1.14 bits per heavy atom. The molecule has 1 fully saturated rings. The van der Waals surface area contributed by atoms with Gasteiger partial charge in [0.15, 0.2) is 12.4 Å². The van der Waals surface area contributed by atoms with Crippen LogP contribution in [0.25, 0.3) is 0 Å². The fraction of sp³-hybridized carbons (Fsp3) is 0.500. The molecule has 0 bridgehead atoms. The molecule has 1 aromatic carbocycles. The van der Waals surface area contributed by atoms with Crippen LogP contribution in [-0.2, 0) is 12.1 Å². The number of ether oxygens (including phenoxy) is 2. The van der Waals surface area contributed by atoms with Crippen molar-refractivity contribution in [3.05, 3.63) is 36.0 Å². The van der Waals surface area contributed by atoms with E-state index in [2.05, 4.69) is 10.1 Å². The van der Waals surface area contributed by atoms with E-state index < -0.39 is 5.54 Å². The molecule has 2 N–H and O–H groups in total. The van der Waals surface area contributed by atoms with Gasteiger partial charge in [-0.1, -0.05) is 18.0 Å². The first-order valence-corrected chi connectivity index (χ1v) is 7.67. The van der Waals surface area contributed by atoms with E-state index in [9.17, 15) is 0 Å². The highest BCUT2D eigenvalue weighted by Gasteiger charge is 2.35. The smallest absolute Gasteiger partial charge is 0.264 e. The lowest BCUT2D eigenvalue weighted by molar-refractivity contribution is 0.241. The van der Waals surface area contributed by atoms with Gasteiger partial charge in [-0.25, -0.2) is 0 Å². The molecule has 0 unspecified atom stereocenters. The highest BCUT2D eigenvalue weighted by Crippen LogP contribution is 2.34. The summed E-state index contributed by atoms with van der Waals surface area (Å²) in [5.74, 6) is 2.59. The summed E-state index contributed by atoms with van der Waals surface area (Å²) in [5.41, 5.74) is 5.88. The molecule has 0 radical (unpaired) electrons. The minimum absolute atomic E-state index is 0.233. The van der Waals surface area contributed by atoms with Gasteiger partial charge in [0, 0.05) is 0 Å². The Bertz CT molecular complexity index is 603. The third kappa shape index (κ3) is 3.22. The average Bonchev–Trinajstić information content (AvgIpc) is 3.17. The van der Waals surface area contributed by atoms with Gasteiger partial charge in [0.05, 0.1) is 12.1 Å². The largest absolute Gasteiger partial charge is 0.494 e. The number of aromatic nitrogens is 2. The Labute approximate surface area is 129 Å². The standard InChI is InChI=1S/C16H21N3O3/c1-2-20-12-5-7-13(8-6-12)21-11-14-18-15(19-22-14)16(17)9-3-4-10-16/h5-8H,2-4,9-11,17H2,1H3. The van der Waals surface area contributed by atoms with E-state index in [4.69, 9.17) is 19.7 Å². The van der Waals surface area contributed by atoms with Gasteiger partial charge >= 0.3 is 0 Å². The highest BCUT2D eigenvalue weighted by atomic mass is 16.5. The van der Waals surface area contributed by atoms with E-state index in [0.717, 1.165) is 37.2 Å². The van der Waals surface area contributed by atoms with Crippen molar-refractivity contribution in [2.75, 3.05) is 6.61 Å². The van der Waals surface area contributed by atoms with Crippen LogP contribution in [0, 0.1) is 0 Å². The minimum Gasteiger partial charge on any atom is -0.494 e. The van der Waals surface area contributed by atoms with Crippen molar-refractivity contribution < 1.29 is 14.0 Å². The van der Waals surface area contributed by atoms with Gasteiger partial charge < -0.3 is 19.7 Å². The molecule has 0 amide bonds. The number of nitrogens with zero attached hydrogens (tertiary/aromatic N) is 2. The summed E-state index contributed by atoms with van der Waals surface area (Å²) >= 11 is 0. The van der Waals surface area contributed by atoms with Crippen LogP contribution in [0.1, 0.15) is 44.3 Å². The lowest BCUT2D eigenvalue weighted by Gasteiger charge is -2.17. The maximum absolute atomic E-state index is 6.31. The maximum atomic E-state index is 6.31. The van der Waals surface area contributed by atoms with Crippen molar-refractivity contribution in [1.82, 2.24) is 10.1 Å². The van der Waals surface area contributed by atoms with Crippen molar-refractivity contribution in [3.8, 4) is 11.5 Å². The van der Waals surface area contributed by atoms with Gasteiger partial charge in [-0.15, -0.1) is 0 Å². The zero-order valence-corrected chi connectivity index (χ0v) is 12.7. The first-order chi connectivity index (χ1) is 10.7. The van der Waals surface area contributed by atoms with Gasteiger partial charge in [0.1, 0.15) is 11.5 Å². The Kier molecular flexibility index (Phi) is 4.29. The molecule has 1 aromatic heterocycles. The summed E-state index contributed by atoms with van der Waals surface area (Å²) in [6.07, 6.45) is 4.05. The average molecular weight is 303 g/mol. The predicted octanol–water partition coefficient (Wildman–Crippen LogP) is 2.78. The van der Waals surface area contributed by atoms with Crippen LogP contribution in [0.3, 0.4) is 0 Å². The zero-order valence-electron chi connectivity index (χ0n) is 12.7. The molecule has 2 aromatic rings. The van der Waals surface area contributed by atoms with Crippen LogP contribution in [0.5, 0.6) is 11.5 Å². The first-order valence-electron chi connectivity index (χ1n) is 7.67.